The topological polar surface area (TPSA) is 38.5 Å². The molecule has 0 saturated carbocycles. The molecule has 100 valence electrons. The van der Waals surface area contributed by atoms with Gasteiger partial charge in [-0.2, -0.15) is 0 Å². The fourth-order valence-electron chi connectivity index (χ4n) is 2.64. The molecule has 0 aromatic heterocycles. The first-order valence-corrected chi connectivity index (χ1v) is 6.88. The molecular weight excluding hydrogens is 224 g/mol. The van der Waals surface area contributed by atoms with Crippen LogP contribution in [0.2, 0.25) is 0 Å². The number of ether oxygens (including phenoxy) is 1. The lowest BCUT2D eigenvalue weighted by molar-refractivity contribution is 0.0819. The zero-order valence-electron chi connectivity index (χ0n) is 11.4. The lowest BCUT2D eigenvalue weighted by Crippen LogP contribution is -2.37. The maximum Gasteiger partial charge on any atom is 0.0605 e. The highest BCUT2D eigenvalue weighted by molar-refractivity contribution is 5.55. The molecule has 0 aliphatic carbocycles. The van der Waals surface area contributed by atoms with Crippen LogP contribution in [-0.2, 0) is 4.74 Å². The molecule has 18 heavy (non-hydrogen) atoms. The Hall–Kier alpha value is -1.06. The van der Waals surface area contributed by atoms with Crippen LogP contribution in [0.1, 0.15) is 37.8 Å². The van der Waals surface area contributed by atoms with Crippen molar-refractivity contribution in [2.45, 2.75) is 38.3 Å². The lowest BCUT2D eigenvalue weighted by Gasteiger charge is -2.34. The van der Waals surface area contributed by atoms with E-state index in [2.05, 4.69) is 36.1 Å². The molecule has 1 fully saturated rings. The number of methoxy groups -OCH3 is 1. The van der Waals surface area contributed by atoms with Crippen LogP contribution in [0.5, 0.6) is 0 Å². The second-order valence-electron chi connectivity index (χ2n) is 5.00. The highest BCUT2D eigenvalue weighted by atomic mass is 16.5. The Labute approximate surface area is 110 Å². The molecule has 2 N–H and O–H groups in total. The standard InChI is InChI=1S/C15H24N2O/c1-3-14(16)13-6-4-5-7-15(13)17-10-8-12(18-2)9-11-17/h4-7,12,14H,3,8-11,16H2,1-2H3/t14-/m0/s1. The molecule has 2 rings (SSSR count). The lowest BCUT2D eigenvalue weighted by atomic mass is 10.00. The first-order valence-electron chi connectivity index (χ1n) is 6.88. The second kappa shape index (κ2) is 6.21. The van der Waals surface area contributed by atoms with Crippen molar-refractivity contribution >= 4 is 5.69 Å². The maximum absolute atomic E-state index is 6.20. The fourth-order valence-corrected chi connectivity index (χ4v) is 2.64. The van der Waals surface area contributed by atoms with E-state index in [1.165, 1.54) is 11.3 Å². The molecule has 0 radical (unpaired) electrons. The third-order valence-corrected chi connectivity index (χ3v) is 3.89. The highest BCUT2D eigenvalue weighted by Gasteiger charge is 2.21. The minimum atomic E-state index is 0.140. The minimum Gasteiger partial charge on any atom is -0.381 e. The molecule has 1 aromatic rings. The van der Waals surface area contributed by atoms with Crippen LogP contribution in [0.25, 0.3) is 0 Å². The Morgan fingerprint density at radius 1 is 1.33 bits per heavy atom. The van der Waals surface area contributed by atoms with Crippen LogP contribution in [0, 0.1) is 0 Å². The number of piperidine rings is 1. The molecular formula is C15H24N2O. The third-order valence-electron chi connectivity index (χ3n) is 3.89. The monoisotopic (exact) mass is 248 g/mol. The molecule has 0 unspecified atom stereocenters. The largest absolute Gasteiger partial charge is 0.381 e. The van der Waals surface area contributed by atoms with Crippen molar-refractivity contribution in [3.8, 4) is 0 Å². The average molecular weight is 248 g/mol. The molecule has 1 aromatic carbocycles. The van der Waals surface area contributed by atoms with Gasteiger partial charge < -0.3 is 15.4 Å². The van der Waals surface area contributed by atoms with Crippen molar-refractivity contribution < 1.29 is 4.74 Å². The molecule has 0 amide bonds. The zero-order valence-corrected chi connectivity index (χ0v) is 11.4. The van der Waals surface area contributed by atoms with E-state index in [1.807, 2.05) is 0 Å². The van der Waals surface area contributed by atoms with E-state index in [1.54, 1.807) is 7.11 Å². The van der Waals surface area contributed by atoms with Gasteiger partial charge in [0.25, 0.3) is 0 Å². The summed E-state index contributed by atoms with van der Waals surface area (Å²) in [5, 5.41) is 0. The molecule has 3 heteroatoms. The summed E-state index contributed by atoms with van der Waals surface area (Å²) in [5.41, 5.74) is 8.78. The van der Waals surface area contributed by atoms with E-state index in [4.69, 9.17) is 10.5 Å². The molecule has 0 spiro atoms. The maximum atomic E-state index is 6.20. The van der Waals surface area contributed by atoms with Crippen LogP contribution < -0.4 is 10.6 Å². The zero-order chi connectivity index (χ0) is 13.0. The predicted octanol–water partition coefficient (Wildman–Crippen LogP) is 2.71. The van der Waals surface area contributed by atoms with Gasteiger partial charge in [0, 0.05) is 31.9 Å². The number of nitrogens with two attached hydrogens (primary N) is 1. The van der Waals surface area contributed by atoms with Gasteiger partial charge in [0.2, 0.25) is 0 Å². The molecule has 0 bridgehead atoms. The van der Waals surface area contributed by atoms with Gasteiger partial charge in [-0.1, -0.05) is 25.1 Å². The van der Waals surface area contributed by atoms with Gasteiger partial charge in [-0.3, -0.25) is 0 Å². The summed E-state index contributed by atoms with van der Waals surface area (Å²) in [6, 6.07) is 8.67. The summed E-state index contributed by atoms with van der Waals surface area (Å²) in [6.07, 6.45) is 3.61. The summed E-state index contributed by atoms with van der Waals surface area (Å²) in [5.74, 6) is 0. The van der Waals surface area contributed by atoms with Crippen molar-refractivity contribution in [3.63, 3.8) is 0 Å². The van der Waals surface area contributed by atoms with E-state index in [-0.39, 0.29) is 6.04 Å². The molecule has 1 aliphatic rings. The molecule has 1 aliphatic heterocycles. The summed E-state index contributed by atoms with van der Waals surface area (Å²) in [4.78, 5) is 2.44. The fraction of sp³-hybridized carbons (Fsp3) is 0.600. The first kappa shape index (κ1) is 13.4. The van der Waals surface area contributed by atoms with E-state index < -0.39 is 0 Å². The summed E-state index contributed by atoms with van der Waals surface area (Å²) in [6.45, 7) is 4.26. The van der Waals surface area contributed by atoms with Crippen LogP contribution in [-0.4, -0.2) is 26.3 Å². The Bertz CT molecular complexity index is 373. The van der Waals surface area contributed by atoms with Gasteiger partial charge in [-0.05, 0) is 30.9 Å². The average Bonchev–Trinajstić information content (AvgIpc) is 2.46. The summed E-state index contributed by atoms with van der Waals surface area (Å²) >= 11 is 0. The quantitative estimate of drug-likeness (QED) is 0.890. The Balaban J connectivity index is 2.13. The smallest absolute Gasteiger partial charge is 0.0605 e. The van der Waals surface area contributed by atoms with E-state index in [0.29, 0.717) is 6.10 Å². The number of nitrogens with zero attached hydrogens (tertiary/aromatic N) is 1. The van der Waals surface area contributed by atoms with Crippen molar-refractivity contribution in [2.75, 3.05) is 25.1 Å². The molecule has 1 atom stereocenters. The molecule has 3 nitrogen and oxygen atoms in total. The number of rotatable bonds is 4. The molecule has 1 saturated heterocycles. The van der Waals surface area contributed by atoms with Crippen molar-refractivity contribution in [1.82, 2.24) is 0 Å². The van der Waals surface area contributed by atoms with Crippen molar-refractivity contribution in [3.05, 3.63) is 29.8 Å². The first-order chi connectivity index (χ1) is 8.76. The van der Waals surface area contributed by atoms with Crippen molar-refractivity contribution in [2.24, 2.45) is 5.73 Å². The van der Waals surface area contributed by atoms with E-state index >= 15 is 0 Å². The van der Waals surface area contributed by atoms with Gasteiger partial charge in [0.15, 0.2) is 0 Å². The number of hydrogen-bond donors (Lipinski definition) is 1. The number of para-hydroxylation sites is 1. The predicted molar refractivity (Wildman–Crippen MR) is 75.9 cm³/mol. The number of anilines is 1. The minimum absolute atomic E-state index is 0.140. The highest BCUT2D eigenvalue weighted by Crippen LogP contribution is 2.29. The van der Waals surface area contributed by atoms with Crippen LogP contribution in [0.3, 0.4) is 0 Å². The van der Waals surface area contributed by atoms with Gasteiger partial charge >= 0.3 is 0 Å². The van der Waals surface area contributed by atoms with Gasteiger partial charge in [0.1, 0.15) is 0 Å². The Kier molecular flexibility index (Phi) is 4.61. The number of hydrogen-bond acceptors (Lipinski definition) is 3. The van der Waals surface area contributed by atoms with E-state index in [9.17, 15) is 0 Å². The Morgan fingerprint density at radius 2 is 2.00 bits per heavy atom. The van der Waals surface area contributed by atoms with Crippen LogP contribution in [0.15, 0.2) is 24.3 Å². The molecule has 1 heterocycles. The van der Waals surface area contributed by atoms with Crippen LogP contribution >= 0.6 is 0 Å². The van der Waals surface area contributed by atoms with Crippen LogP contribution in [0.4, 0.5) is 5.69 Å². The van der Waals surface area contributed by atoms with Gasteiger partial charge in [0.05, 0.1) is 6.10 Å². The van der Waals surface area contributed by atoms with Gasteiger partial charge in [-0.25, -0.2) is 0 Å². The SMILES string of the molecule is CC[C@H](N)c1ccccc1N1CCC(OC)CC1. The van der Waals surface area contributed by atoms with Gasteiger partial charge in [-0.15, -0.1) is 0 Å². The number of benzene rings is 1. The Morgan fingerprint density at radius 3 is 2.61 bits per heavy atom. The van der Waals surface area contributed by atoms with Crippen molar-refractivity contribution in [1.29, 1.82) is 0 Å². The third kappa shape index (κ3) is 2.85. The summed E-state index contributed by atoms with van der Waals surface area (Å²) < 4.78 is 5.42. The normalized spacial score (nSPS) is 18.9. The summed E-state index contributed by atoms with van der Waals surface area (Å²) in [7, 11) is 1.81. The second-order valence-corrected chi connectivity index (χ2v) is 5.00. The van der Waals surface area contributed by atoms with E-state index in [0.717, 1.165) is 32.4 Å².